The van der Waals surface area contributed by atoms with Crippen molar-refractivity contribution in [3.8, 4) is 11.1 Å². The Hall–Kier alpha value is -5.58. The van der Waals surface area contributed by atoms with Gasteiger partial charge in [0.05, 0.1) is 5.69 Å². The molecule has 4 aromatic carbocycles. The molecule has 0 aliphatic heterocycles. The highest BCUT2D eigenvalue weighted by molar-refractivity contribution is 6.11. The SMILES string of the molecule is C=C(/C=C\NC)c1ccc(-c2ccccc2)cc1Nc1cccc2c1oc1cccc(C3C=CC=C/C3=C(\C3=CCCC=C3)C(C)N)c12. The van der Waals surface area contributed by atoms with Crippen LogP contribution in [-0.4, -0.2) is 13.1 Å². The molecule has 0 radical (unpaired) electrons. The molecule has 0 bridgehead atoms. The number of para-hydroxylation sites is 1. The molecule has 2 aliphatic rings. The smallest absolute Gasteiger partial charge is 0.158 e. The summed E-state index contributed by atoms with van der Waals surface area (Å²) in [5.41, 5.74) is 19.3. The largest absolute Gasteiger partial charge is 0.454 e. The lowest BCUT2D eigenvalue weighted by atomic mass is 9.79. The van der Waals surface area contributed by atoms with Crippen LogP contribution >= 0.6 is 0 Å². The first kappa shape index (κ1) is 31.0. The number of fused-ring (bicyclic) bond motifs is 3. The minimum atomic E-state index is -0.109. The molecular formula is C44H41N3O. The van der Waals surface area contributed by atoms with E-state index in [2.05, 4.69) is 146 Å². The van der Waals surface area contributed by atoms with Crippen LogP contribution in [0.4, 0.5) is 11.4 Å². The molecule has 4 heteroatoms. The summed E-state index contributed by atoms with van der Waals surface area (Å²) >= 11 is 0. The van der Waals surface area contributed by atoms with Gasteiger partial charge in [-0.15, -0.1) is 0 Å². The van der Waals surface area contributed by atoms with Gasteiger partial charge in [0.2, 0.25) is 0 Å². The topological polar surface area (TPSA) is 63.2 Å². The zero-order valence-electron chi connectivity index (χ0n) is 27.5. The second-order valence-electron chi connectivity index (χ2n) is 12.4. The highest BCUT2D eigenvalue weighted by Crippen LogP contribution is 2.44. The van der Waals surface area contributed by atoms with E-state index in [-0.39, 0.29) is 12.0 Å². The van der Waals surface area contributed by atoms with Crippen molar-refractivity contribution < 1.29 is 4.42 Å². The lowest BCUT2D eigenvalue weighted by Crippen LogP contribution is -2.22. The maximum atomic E-state index is 6.71. The van der Waals surface area contributed by atoms with E-state index >= 15 is 0 Å². The minimum absolute atomic E-state index is 0.0322. The second kappa shape index (κ2) is 13.6. The molecule has 4 N–H and O–H groups in total. The summed E-state index contributed by atoms with van der Waals surface area (Å²) < 4.78 is 6.71. The summed E-state index contributed by atoms with van der Waals surface area (Å²) in [6, 6.07) is 29.5. The summed E-state index contributed by atoms with van der Waals surface area (Å²) in [6.07, 6.45) is 21.6. The van der Waals surface area contributed by atoms with Crippen LogP contribution < -0.4 is 16.4 Å². The van der Waals surface area contributed by atoms with Crippen molar-refractivity contribution >= 4 is 38.9 Å². The van der Waals surface area contributed by atoms with Crippen molar-refractivity contribution in [1.82, 2.24) is 5.32 Å². The Morgan fingerprint density at radius 1 is 0.917 bits per heavy atom. The monoisotopic (exact) mass is 627 g/mol. The van der Waals surface area contributed by atoms with Gasteiger partial charge in [0, 0.05) is 41.0 Å². The number of hydrogen-bond acceptors (Lipinski definition) is 4. The van der Waals surface area contributed by atoms with Gasteiger partial charge in [0.15, 0.2) is 5.58 Å². The molecule has 0 saturated carbocycles. The van der Waals surface area contributed by atoms with E-state index in [0.29, 0.717) is 0 Å². The molecule has 0 saturated heterocycles. The van der Waals surface area contributed by atoms with Crippen LogP contribution in [0.15, 0.2) is 167 Å². The molecular weight excluding hydrogens is 587 g/mol. The third kappa shape index (κ3) is 5.99. The van der Waals surface area contributed by atoms with Crippen molar-refractivity contribution in [1.29, 1.82) is 0 Å². The number of rotatable bonds is 9. The fourth-order valence-corrected chi connectivity index (χ4v) is 6.97. The van der Waals surface area contributed by atoms with Crippen molar-refractivity contribution in [3.63, 3.8) is 0 Å². The second-order valence-corrected chi connectivity index (χ2v) is 12.4. The van der Waals surface area contributed by atoms with Crippen molar-refractivity contribution in [2.45, 2.75) is 31.7 Å². The van der Waals surface area contributed by atoms with Gasteiger partial charge in [0.25, 0.3) is 0 Å². The highest BCUT2D eigenvalue weighted by atomic mass is 16.3. The lowest BCUT2D eigenvalue weighted by Gasteiger charge is -2.26. The van der Waals surface area contributed by atoms with Crippen LogP contribution in [-0.2, 0) is 0 Å². The zero-order chi connectivity index (χ0) is 33.0. The molecule has 5 aromatic rings. The van der Waals surface area contributed by atoms with Crippen LogP contribution in [0, 0.1) is 0 Å². The van der Waals surface area contributed by atoms with Crippen LogP contribution in [0.2, 0.25) is 0 Å². The fourth-order valence-electron chi connectivity index (χ4n) is 6.97. The Kier molecular flexibility index (Phi) is 8.82. The highest BCUT2D eigenvalue weighted by Gasteiger charge is 2.25. The van der Waals surface area contributed by atoms with Crippen molar-refractivity contribution in [3.05, 3.63) is 174 Å². The molecule has 2 unspecified atom stereocenters. The Labute approximate surface area is 283 Å². The van der Waals surface area contributed by atoms with Gasteiger partial charge in [0.1, 0.15) is 5.58 Å². The van der Waals surface area contributed by atoms with Gasteiger partial charge in [-0.1, -0.05) is 116 Å². The number of furan rings is 1. The molecule has 1 aromatic heterocycles. The number of benzene rings is 4. The van der Waals surface area contributed by atoms with Gasteiger partial charge in [-0.2, -0.15) is 0 Å². The summed E-state index contributed by atoms with van der Waals surface area (Å²) in [5, 5.41) is 9.02. The molecule has 0 fully saturated rings. The number of hydrogen-bond donors (Lipinski definition) is 3. The molecule has 238 valence electrons. The van der Waals surface area contributed by atoms with Crippen LogP contribution in [0.25, 0.3) is 38.6 Å². The molecule has 1 heterocycles. The minimum Gasteiger partial charge on any atom is -0.454 e. The van der Waals surface area contributed by atoms with Crippen molar-refractivity contribution in [2.24, 2.45) is 5.73 Å². The predicted molar refractivity (Wildman–Crippen MR) is 204 cm³/mol. The van der Waals surface area contributed by atoms with E-state index in [4.69, 9.17) is 10.2 Å². The predicted octanol–water partition coefficient (Wildman–Crippen LogP) is 10.9. The molecule has 0 amide bonds. The standard InChI is InChI=1S/C44H41N3O/c1-29(26-27-46-3)34-25-24-33(31-14-6-4-7-15-31)28-40(34)47-39-22-12-21-38-43-37(20-13-23-41(43)48-44(38)39)35-18-10-11-19-36(35)42(30(2)45)32-16-8-5-9-17-32/h4,6-8,10-28,30,35,46-47H,1,5,9,45H2,2-3H3/b27-26-,42-36+. The Morgan fingerprint density at radius 2 is 1.77 bits per heavy atom. The van der Waals surface area contributed by atoms with E-state index < -0.39 is 0 Å². The first-order valence-corrected chi connectivity index (χ1v) is 16.7. The third-order valence-electron chi connectivity index (χ3n) is 9.18. The fraction of sp³-hybridized carbons (Fsp3) is 0.136. The molecule has 0 spiro atoms. The van der Waals surface area contributed by atoms with Gasteiger partial charge in [-0.3, -0.25) is 0 Å². The summed E-state index contributed by atoms with van der Waals surface area (Å²) in [6.45, 7) is 6.46. The van der Waals surface area contributed by atoms with E-state index in [9.17, 15) is 0 Å². The first-order valence-electron chi connectivity index (χ1n) is 16.7. The van der Waals surface area contributed by atoms with Crippen LogP contribution in [0.1, 0.15) is 36.8 Å². The van der Waals surface area contributed by atoms with Crippen molar-refractivity contribution in [2.75, 3.05) is 12.4 Å². The van der Waals surface area contributed by atoms with Crippen LogP contribution in [0.5, 0.6) is 0 Å². The number of allylic oxidation sites excluding steroid dienone is 10. The average molecular weight is 628 g/mol. The average Bonchev–Trinajstić information content (AvgIpc) is 3.52. The lowest BCUT2D eigenvalue weighted by molar-refractivity contribution is 0.670. The normalized spacial score (nSPS) is 17.6. The van der Waals surface area contributed by atoms with Gasteiger partial charge in [-0.05, 0) is 89.2 Å². The maximum Gasteiger partial charge on any atom is 0.158 e. The summed E-state index contributed by atoms with van der Waals surface area (Å²) in [4.78, 5) is 0. The number of nitrogens with one attached hydrogen (secondary N) is 2. The Morgan fingerprint density at radius 3 is 2.56 bits per heavy atom. The van der Waals surface area contributed by atoms with E-state index in [1.807, 2.05) is 25.4 Å². The first-order chi connectivity index (χ1) is 23.5. The summed E-state index contributed by atoms with van der Waals surface area (Å²) in [7, 11) is 1.89. The molecule has 4 nitrogen and oxygen atoms in total. The van der Waals surface area contributed by atoms with E-state index in [0.717, 1.165) is 68.4 Å². The van der Waals surface area contributed by atoms with E-state index in [1.54, 1.807) is 0 Å². The van der Waals surface area contributed by atoms with Crippen LogP contribution in [0.3, 0.4) is 0 Å². The quantitative estimate of drug-likeness (QED) is 0.142. The van der Waals surface area contributed by atoms with Gasteiger partial charge < -0.3 is 20.8 Å². The molecule has 7 rings (SSSR count). The third-order valence-corrected chi connectivity index (χ3v) is 9.18. The maximum absolute atomic E-state index is 6.71. The molecule has 48 heavy (non-hydrogen) atoms. The van der Waals surface area contributed by atoms with E-state index in [1.165, 1.54) is 22.3 Å². The molecule has 2 aliphatic carbocycles. The molecule has 2 atom stereocenters. The van der Waals surface area contributed by atoms with Gasteiger partial charge >= 0.3 is 0 Å². The zero-order valence-corrected chi connectivity index (χ0v) is 27.5. The Bertz CT molecular complexity index is 2190. The number of anilines is 2. The summed E-state index contributed by atoms with van der Waals surface area (Å²) in [5.74, 6) is 0.0322. The Balaban J connectivity index is 1.36. The van der Waals surface area contributed by atoms with Gasteiger partial charge in [-0.25, -0.2) is 0 Å². The number of nitrogens with two attached hydrogens (primary N) is 1.